The van der Waals surface area contributed by atoms with E-state index in [0.29, 0.717) is 6.04 Å². The van der Waals surface area contributed by atoms with Gasteiger partial charge in [-0.05, 0) is 49.4 Å². The number of halogens is 1. The number of hydrogen-bond donors (Lipinski definition) is 1. The van der Waals surface area contributed by atoms with Crippen LogP contribution in [-0.4, -0.2) is 43.7 Å². The summed E-state index contributed by atoms with van der Waals surface area (Å²) in [6.45, 7) is 5.46. The lowest BCUT2D eigenvalue weighted by atomic mass is 9.86. The predicted molar refractivity (Wildman–Crippen MR) is 85.0 cm³/mol. The lowest BCUT2D eigenvalue weighted by molar-refractivity contribution is 0.184. The third-order valence-electron chi connectivity index (χ3n) is 4.90. The number of nitrogens with two attached hydrogens (primary N) is 1. The summed E-state index contributed by atoms with van der Waals surface area (Å²) in [5, 5.41) is 0. The van der Waals surface area contributed by atoms with E-state index in [1.165, 1.54) is 32.2 Å². The van der Waals surface area contributed by atoms with Gasteiger partial charge >= 0.3 is 0 Å². The molecule has 1 aliphatic heterocycles. The molecule has 2 unspecified atom stereocenters. The molecule has 3 nitrogen and oxygen atoms in total. The third kappa shape index (κ3) is 3.95. The van der Waals surface area contributed by atoms with E-state index in [0.717, 1.165) is 37.8 Å². The third-order valence-corrected chi connectivity index (χ3v) is 4.90. The van der Waals surface area contributed by atoms with Crippen molar-refractivity contribution in [2.45, 2.75) is 31.7 Å². The molecule has 116 valence electrons. The highest BCUT2D eigenvalue weighted by Crippen LogP contribution is 2.25. The standard InChI is InChI=1S/C17H26FN3/c18-15-4-6-17(7-5-15)21-10-8-20(9-11-21)13-14-2-1-3-16(19)12-14/h4-7,14,16H,1-3,8-13,19H2. The van der Waals surface area contributed by atoms with Gasteiger partial charge in [-0.25, -0.2) is 4.39 Å². The van der Waals surface area contributed by atoms with Crippen LogP contribution in [0.4, 0.5) is 10.1 Å². The van der Waals surface area contributed by atoms with Crippen molar-refractivity contribution in [3.63, 3.8) is 0 Å². The Morgan fingerprint density at radius 3 is 2.43 bits per heavy atom. The van der Waals surface area contributed by atoms with Gasteiger partial charge < -0.3 is 10.6 Å². The summed E-state index contributed by atoms with van der Waals surface area (Å²) in [6, 6.07) is 7.27. The molecule has 1 aliphatic carbocycles. The van der Waals surface area contributed by atoms with E-state index in [1.54, 1.807) is 12.1 Å². The molecule has 0 aromatic heterocycles. The molecule has 0 bridgehead atoms. The molecule has 0 radical (unpaired) electrons. The van der Waals surface area contributed by atoms with Crippen LogP contribution in [0.1, 0.15) is 25.7 Å². The summed E-state index contributed by atoms with van der Waals surface area (Å²) in [6.07, 6.45) is 5.03. The number of hydrogen-bond acceptors (Lipinski definition) is 3. The van der Waals surface area contributed by atoms with Crippen LogP contribution in [0.5, 0.6) is 0 Å². The highest BCUT2D eigenvalue weighted by atomic mass is 19.1. The molecule has 1 aromatic rings. The van der Waals surface area contributed by atoms with Crippen molar-refractivity contribution in [2.24, 2.45) is 11.7 Å². The molecule has 4 heteroatoms. The molecule has 1 saturated carbocycles. The minimum atomic E-state index is -0.161. The molecule has 21 heavy (non-hydrogen) atoms. The second-order valence-corrected chi connectivity index (χ2v) is 6.56. The molecule has 2 aliphatic rings. The Labute approximate surface area is 126 Å². The average Bonchev–Trinajstić information content (AvgIpc) is 2.49. The Morgan fingerprint density at radius 1 is 1.05 bits per heavy atom. The molecule has 1 saturated heterocycles. The quantitative estimate of drug-likeness (QED) is 0.928. The van der Waals surface area contributed by atoms with Gasteiger partial charge in [-0.2, -0.15) is 0 Å². The zero-order valence-electron chi connectivity index (χ0n) is 12.7. The van der Waals surface area contributed by atoms with E-state index in [-0.39, 0.29) is 5.82 Å². The van der Waals surface area contributed by atoms with Gasteiger partial charge in [0.1, 0.15) is 5.82 Å². The maximum Gasteiger partial charge on any atom is 0.123 e. The van der Waals surface area contributed by atoms with Crippen LogP contribution in [0.15, 0.2) is 24.3 Å². The van der Waals surface area contributed by atoms with Gasteiger partial charge in [-0.3, -0.25) is 4.90 Å². The number of rotatable bonds is 3. The first-order valence-electron chi connectivity index (χ1n) is 8.19. The van der Waals surface area contributed by atoms with E-state index in [2.05, 4.69) is 9.80 Å². The SMILES string of the molecule is NC1CCCC(CN2CCN(c3ccc(F)cc3)CC2)C1. The van der Waals surface area contributed by atoms with Crippen molar-refractivity contribution in [3.05, 3.63) is 30.1 Å². The Morgan fingerprint density at radius 2 is 1.76 bits per heavy atom. The number of nitrogens with zero attached hydrogens (tertiary/aromatic N) is 2. The van der Waals surface area contributed by atoms with Crippen molar-refractivity contribution in [2.75, 3.05) is 37.6 Å². The second kappa shape index (κ2) is 6.75. The van der Waals surface area contributed by atoms with Crippen molar-refractivity contribution >= 4 is 5.69 Å². The van der Waals surface area contributed by atoms with Crippen molar-refractivity contribution < 1.29 is 4.39 Å². The molecule has 2 fully saturated rings. The lowest BCUT2D eigenvalue weighted by Crippen LogP contribution is -2.48. The zero-order chi connectivity index (χ0) is 14.7. The second-order valence-electron chi connectivity index (χ2n) is 6.56. The first-order valence-corrected chi connectivity index (χ1v) is 8.19. The summed E-state index contributed by atoms with van der Waals surface area (Å²) in [7, 11) is 0. The predicted octanol–water partition coefficient (Wildman–Crippen LogP) is 2.47. The molecule has 1 heterocycles. The fourth-order valence-electron chi connectivity index (χ4n) is 3.70. The van der Waals surface area contributed by atoms with Gasteiger partial charge in [-0.1, -0.05) is 6.42 Å². The normalized spacial score (nSPS) is 27.8. The monoisotopic (exact) mass is 291 g/mol. The van der Waals surface area contributed by atoms with Crippen LogP contribution in [-0.2, 0) is 0 Å². The minimum absolute atomic E-state index is 0.161. The topological polar surface area (TPSA) is 32.5 Å². The molecule has 1 aromatic carbocycles. The fraction of sp³-hybridized carbons (Fsp3) is 0.647. The maximum absolute atomic E-state index is 13.0. The largest absolute Gasteiger partial charge is 0.369 e. The Kier molecular flexibility index (Phi) is 4.76. The molecule has 0 spiro atoms. The van der Waals surface area contributed by atoms with Gasteiger partial charge in [0.05, 0.1) is 0 Å². The highest BCUT2D eigenvalue weighted by molar-refractivity contribution is 5.46. The number of anilines is 1. The molecule has 3 rings (SSSR count). The van der Waals surface area contributed by atoms with Crippen molar-refractivity contribution in [1.82, 2.24) is 4.90 Å². The molecule has 2 atom stereocenters. The zero-order valence-corrected chi connectivity index (χ0v) is 12.7. The summed E-state index contributed by atoms with van der Waals surface area (Å²) >= 11 is 0. The smallest absolute Gasteiger partial charge is 0.123 e. The lowest BCUT2D eigenvalue weighted by Gasteiger charge is -2.39. The van der Waals surface area contributed by atoms with Crippen LogP contribution < -0.4 is 10.6 Å². The van der Waals surface area contributed by atoms with E-state index < -0.39 is 0 Å². The van der Waals surface area contributed by atoms with Crippen LogP contribution >= 0.6 is 0 Å². The van der Waals surface area contributed by atoms with E-state index in [9.17, 15) is 4.39 Å². The fourth-order valence-corrected chi connectivity index (χ4v) is 3.70. The van der Waals surface area contributed by atoms with Crippen LogP contribution in [0.25, 0.3) is 0 Å². The van der Waals surface area contributed by atoms with Crippen LogP contribution in [0, 0.1) is 11.7 Å². The van der Waals surface area contributed by atoms with E-state index >= 15 is 0 Å². The van der Waals surface area contributed by atoms with Gasteiger partial charge in [0.15, 0.2) is 0 Å². The van der Waals surface area contributed by atoms with Gasteiger partial charge in [0.2, 0.25) is 0 Å². The molecular formula is C17H26FN3. The summed E-state index contributed by atoms with van der Waals surface area (Å²) < 4.78 is 13.0. The van der Waals surface area contributed by atoms with E-state index in [4.69, 9.17) is 5.73 Å². The summed E-state index contributed by atoms with van der Waals surface area (Å²) in [5.74, 6) is 0.622. The average molecular weight is 291 g/mol. The van der Waals surface area contributed by atoms with E-state index in [1.807, 2.05) is 12.1 Å². The molecule has 0 amide bonds. The van der Waals surface area contributed by atoms with Crippen LogP contribution in [0.2, 0.25) is 0 Å². The van der Waals surface area contributed by atoms with Crippen molar-refractivity contribution in [3.8, 4) is 0 Å². The molecular weight excluding hydrogens is 265 g/mol. The van der Waals surface area contributed by atoms with Gasteiger partial charge in [-0.15, -0.1) is 0 Å². The number of piperazine rings is 1. The minimum Gasteiger partial charge on any atom is -0.369 e. The Hall–Kier alpha value is -1.13. The maximum atomic E-state index is 13.0. The first kappa shape index (κ1) is 14.8. The highest BCUT2D eigenvalue weighted by Gasteiger charge is 2.24. The Bertz CT molecular complexity index is 440. The van der Waals surface area contributed by atoms with Gasteiger partial charge in [0.25, 0.3) is 0 Å². The van der Waals surface area contributed by atoms with Gasteiger partial charge in [0, 0.05) is 44.5 Å². The first-order chi connectivity index (χ1) is 10.2. The number of benzene rings is 1. The summed E-state index contributed by atoms with van der Waals surface area (Å²) in [4.78, 5) is 4.92. The Balaban J connectivity index is 1.47. The van der Waals surface area contributed by atoms with Crippen LogP contribution in [0.3, 0.4) is 0 Å². The van der Waals surface area contributed by atoms with Crippen molar-refractivity contribution in [1.29, 1.82) is 0 Å². The molecule has 2 N–H and O–H groups in total. The summed E-state index contributed by atoms with van der Waals surface area (Å²) in [5.41, 5.74) is 7.22.